The number of nitro benzene ring substituents is 2. The molecule has 2 N–H and O–H groups in total. The minimum Gasteiger partial charge on any atom is -0.464 e. The zero-order chi connectivity index (χ0) is 24.9. The highest BCUT2D eigenvalue weighted by molar-refractivity contribution is 6.32. The summed E-state index contributed by atoms with van der Waals surface area (Å²) >= 11 is 0. The molecular weight excluding hydrogens is 456 g/mol. The molecule has 3 aromatic rings. The topological polar surface area (TPSA) is 205 Å². The molecule has 1 aliphatic rings. The highest BCUT2D eigenvalue weighted by Gasteiger charge is 2.57. The number of Topliss-reactive ketones (excluding diaryl/α,β-unsaturated/α-hetero) is 2. The zero-order valence-corrected chi connectivity index (χ0v) is 17.0. The van der Waals surface area contributed by atoms with Gasteiger partial charge in [0.2, 0.25) is 17.2 Å². The van der Waals surface area contributed by atoms with Crippen LogP contribution in [0.2, 0.25) is 0 Å². The number of carbonyl (C=O) groups excluding carboxylic acids is 3. The summed E-state index contributed by atoms with van der Waals surface area (Å²) in [5.41, 5.74) is -8.79. The number of non-ortho nitro benzene ring substituents is 1. The van der Waals surface area contributed by atoms with Crippen LogP contribution in [0.3, 0.4) is 0 Å². The Morgan fingerprint density at radius 2 is 1.62 bits per heavy atom. The second-order valence-corrected chi connectivity index (χ2v) is 7.10. The number of aliphatic hydroxyl groups is 1. The van der Waals surface area contributed by atoms with Crippen LogP contribution in [0.4, 0.5) is 11.4 Å². The number of rotatable bonds is 5. The molecule has 14 heteroatoms. The molecule has 0 saturated carbocycles. The third kappa shape index (κ3) is 2.93. The van der Waals surface area contributed by atoms with E-state index in [1.165, 1.54) is 24.3 Å². The van der Waals surface area contributed by atoms with Gasteiger partial charge in [-0.1, -0.05) is 24.3 Å². The van der Waals surface area contributed by atoms with Gasteiger partial charge in [-0.15, -0.1) is 0 Å². The third-order valence-corrected chi connectivity index (χ3v) is 5.32. The lowest BCUT2D eigenvalue weighted by Gasteiger charge is -2.17. The van der Waals surface area contributed by atoms with Crippen LogP contribution in [0.1, 0.15) is 36.8 Å². The van der Waals surface area contributed by atoms with Crippen molar-refractivity contribution in [3.05, 3.63) is 95.4 Å². The van der Waals surface area contributed by atoms with Gasteiger partial charge < -0.3 is 9.84 Å². The number of aromatic amines is 1. The molecule has 1 aliphatic carbocycles. The predicted octanol–water partition coefficient (Wildman–Crippen LogP) is 1.04. The first-order chi connectivity index (χ1) is 16.0. The number of ketones is 2. The number of hydrogen-bond acceptors (Lipinski definition) is 10. The number of fused-ring (bicyclic) bond motifs is 1. The summed E-state index contributed by atoms with van der Waals surface area (Å²) in [5.74, 6) is -3.63. The molecular formula is C20H12N4O10. The van der Waals surface area contributed by atoms with E-state index in [0.29, 0.717) is 10.7 Å². The largest absolute Gasteiger partial charge is 0.464 e. The molecule has 1 aromatic heterocycles. The van der Waals surface area contributed by atoms with Crippen molar-refractivity contribution in [3.63, 3.8) is 0 Å². The molecule has 0 unspecified atom stereocenters. The fraction of sp³-hybridized carbons (Fsp3) is 0.100. The highest BCUT2D eigenvalue weighted by Crippen LogP contribution is 2.38. The Balaban J connectivity index is 2.03. The molecule has 1 heterocycles. The van der Waals surface area contributed by atoms with Gasteiger partial charge in [0.05, 0.1) is 28.6 Å². The molecule has 0 saturated heterocycles. The van der Waals surface area contributed by atoms with E-state index >= 15 is 0 Å². The lowest BCUT2D eigenvalue weighted by molar-refractivity contribution is -0.394. The van der Waals surface area contributed by atoms with Crippen LogP contribution < -0.4 is 5.56 Å². The van der Waals surface area contributed by atoms with E-state index in [0.717, 1.165) is 19.2 Å². The monoisotopic (exact) mass is 468 g/mol. The summed E-state index contributed by atoms with van der Waals surface area (Å²) in [6.07, 6.45) is 0. The molecule has 172 valence electrons. The summed E-state index contributed by atoms with van der Waals surface area (Å²) in [6.45, 7) is 0. The van der Waals surface area contributed by atoms with Crippen LogP contribution >= 0.6 is 0 Å². The molecule has 14 nitrogen and oxygen atoms in total. The Bertz CT molecular complexity index is 1460. The van der Waals surface area contributed by atoms with Crippen LogP contribution in [-0.2, 0) is 10.3 Å². The first kappa shape index (κ1) is 22.2. The number of methoxy groups -OCH3 is 1. The van der Waals surface area contributed by atoms with E-state index in [-0.39, 0.29) is 11.1 Å². The molecule has 2 aromatic carbocycles. The molecule has 0 atom stereocenters. The highest BCUT2D eigenvalue weighted by atomic mass is 16.6. The van der Waals surface area contributed by atoms with Crippen molar-refractivity contribution >= 4 is 28.9 Å². The number of nitrogens with one attached hydrogen (secondary N) is 1. The van der Waals surface area contributed by atoms with Gasteiger partial charge in [-0.05, 0) is 6.07 Å². The van der Waals surface area contributed by atoms with Crippen LogP contribution in [0.25, 0.3) is 5.69 Å². The molecule has 0 spiro atoms. The van der Waals surface area contributed by atoms with Crippen molar-refractivity contribution in [1.82, 2.24) is 9.78 Å². The first-order valence-electron chi connectivity index (χ1n) is 9.32. The van der Waals surface area contributed by atoms with E-state index in [2.05, 4.69) is 9.84 Å². The average Bonchev–Trinajstić information content (AvgIpc) is 3.27. The van der Waals surface area contributed by atoms with Gasteiger partial charge in [-0.3, -0.25) is 39.7 Å². The Labute approximate surface area is 187 Å². The van der Waals surface area contributed by atoms with Crippen LogP contribution in [-0.4, -0.2) is 49.4 Å². The van der Waals surface area contributed by atoms with Crippen molar-refractivity contribution in [2.45, 2.75) is 5.60 Å². The van der Waals surface area contributed by atoms with Crippen LogP contribution in [0, 0.1) is 20.2 Å². The van der Waals surface area contributed by atoms with Gasteiger partial charge >= 0.3 is 11.7 Å². The maximum Gasteiger partial charge on any atom is 0.356 e. The normalized spacial score (nSPS) is 14.1. The van der Waals surface area contributed by atoms with Crippen molar-refractivity contribution in [2.75, 3.05) is 7.11 Å². The smallest absolute Gasteiger partial charge is 0.356 e. The number of aromatic nitrogens is 2. The predicted molar refractivity (Wildman–Crippen MR) is 110 cm³/mol. The molecule has 0 bridgehead atoms. The van der Waals surface area contributed by atoms with E-state index in [1.807, 2.05) is 0 Å². The lowest BCUT2D eigenvalue weighted by Crippen LogP contribution is -2.43. The fourth-order valence-corrected chi connectivity index (χ4v) is 3.75. The number of ether oxygens (including phenoxy) is 1. The second kappa shape index (κ2) is 7.56. The lowest BCUT2D eigenvalue weighted by atomic mass is 9.88. The standard InChI is InChI=1S/C20H12N4O10/c1-34-19(28)15-14(20(29)16(25)10-4-2-3-5-11(10)17(20)26)18(27)22(21-15)12-7-6-9(23(30)31)8-13(12)24(32)33/h2-8,21,29H,1H3. The third-order valence-electron chi connectivity index (χ3n) is 5.32. The van der Waals surface area contributed by atoms with Gasteiger partial charge in [-0.2, -0.15) is 0 Å². The second-order valence-electron chi connectivity index (χ2n) is 7.10. The van der Waals surface area contributed by atoms with Gasteiger partial charge in [-0.25, -0.2) is 9.48 Å². The van der Waals surface area contributed by atoms with Gasteiger partial charge in [0.25, 0.3) is 11.2 Å². The number of hydrogen-bond donors (Lipinski definition) is 2. The summed E-state index contributed by atoms with van der Waals surface area (Å²) in [6, 6.07) is 7.64. The maximum absolute atomic E-state index is 13.3. The Hall–Kier alpha value is -4.98. The SMILES string of the molecule is COC(=O)c1[nH]n(-c2ccc([N+](=O)[O-])cc2[N+](=O)[O-])c(=O)c1C1(O)C(=O)c2ccccc2C1=O. The van der Waals surface area contributed by atoms with E-state index in [9.17, 15) is 44.5 Å². The van der Waals surface area contributed by atoms with Crippen LogP contribution in [0.5, 0.6) is 0 Å². The average molecular weight is 468 g/mol. The minimum absolute atomic E-state index is 0.195. The van der Waals surface area contributed by atoms with Crippen LogP contribution in [0.15, 0.2) is 47.3 Å². The van der Waals surface area contributed by atoms with Gasteiger partial charge in [0.1, 0.15) is 5.69 Å². The number of benzene rings is 2. The first-order valence-corrected chi connectivity index (χ1v) is 9.32. The minimum atomic E-state index is -3.12. The Morgan fingerprint density at radius 3 is 2.12 bits per heavy atom. The fourth-order valence-electron chi connectivity index (χ4n) is 3.75. The van der Waals surface area contributed by atoms with Crippen molar-refractivity contribution in [3.8, 4) is 5.69 Å². The van der Waals surface area contributed by atoms with Crippen molar-refractivity contribution in [1.29, 1.82) is 0 Å². The summed E-state index contributed by atoms with van der Waals surface area (Å²) in [7, 11) is 0.924. The molecule has 0 aliphatic heterocycles. The van der Waals surface area contributed by atoms with E-state index in [1.54, 1.807) is 0 Å². The molecule has 34 heavy (non-hydrogen) atoms. The summed E-state index contributed by atoms with van der Waals surface area (Å²) < 4.78 is 5.00. The number of nitrogens with zero attached hydrogens (tertiary/aromatic N) is 3. The summed E-state index contributed by atoms with van der Waals surface area (Å²) in [4.78, 5) is 72.4. The number of carbonyl (C=O) groups is 3. The number of nitro groups is 2. The quantitative estimate of drug-likeness (QED) is 0.235. The maximum atomic E-state index is 13.3. The van der Waals surface area contributed by atoms with Crippen molar-refractivity contribution < 1.29 is 34.1 Å². The van der Waals surface area contributed by atoms with Gasteiger partial charge in [0, 0.05) is 17.2 Å². The Kier molecular flexibility index (Phi) is 4.94. The molecule has 0 amide bonds. The molecule has 4 rings (SSSR count). The summed E-state index contributed by atoms with van der Waals surface area (Å²) in [5, 5.41) is 36.0. The van der Waals surface area contributed by atoms with E-state index < -0.39 is 66.9 Å². The zero-order valence-electron chi connectivity index (χ0n) is 17.0. The number of esters is 1. The van der Waals surface area contributed by atoms with E-state index in [4.69, 9.17) is 0 Å². The Morgan fingerprint density at radius 1 is 1.03 bits per heavy atom. The van der Waals surface area contributed by atoms with Crippen molar-refractivity contribution in [2.24, 2.45) is 0 Å². The van der Waals surface area contributed by atoms with Gasteiger partial charge in [0.15, 0.2) is 5.69 Å². The molecule has 0 radical (unpaired) electrons. The number of H-pyrrole nitrogens is 1. The molecule has 0 fully saturated rings.